The minimum atomic E-state index is 0.0862. The molecular formula is C16H19N3O. The predicted molar refractivity (Wildman–Crippen MR) is 76.9 cm³/mol. The second-order valence-corrected chi connectivity index (χ2v) is 5.59. The molecule has 2 heterocycles. The molecule has 2 unspecified atom stereocenters. The molecule has 1 aliphatic heterocycles. The lowest BCUT2D eigenvalue weighted by Gasteiger charge is -2.18. The van der Waals surface area contributed by atoms with Gasteiger partial charge < -0.3 is 10.6 Å². The van der Waals surface area contributed by atoms with Gasteiger partial charge in [0.15, 0.2) is 0 Å². The molecule has 2 fully saturated rings. The molecule has 1 aliphatic carbocycles. The third-order valence-corrected chi connectivity index (χ3v) is 4.39. The topological polar surface area (TPSA) is 59.2 Å². The number of amides is 1. The van der Waals surface area contributed by atoms with E-state index in [1.807, 2.05) is 4.90 Å². The highest BCUT2D eigenvalue weighted by atomic mass is 16.2. The maximum Gasteiger partial charge on any atom is 0.255 e. The third kappa shape index (κ3) is 2.41. The first-order chi connectivity index (χ1) is 9.79. The molecule has 4 nitrogen and oxygen atoms in total. The van der Waals surface area contributed by atoms with Gasteiger partial charge in [-0.3, -0.25) is 9.78 Å². The molecule has 0 radical (unpaired) electrons. The van der Waals surface area contributed by atoms with Crippen molar-refractivity contribution in [2.45, 2.75) is 19.3 Å². The predicted octanol–water partition coefficient (Wildman–Crippen LogP) is 1.26. The minimum Gasteiger partial charge on any atom is -0.338 e. The van der Waals surface area contributed by atoms with Gasteiger partial charge in [-0.05, 0) is 30.7 Å². The van der Waals surface area contributed by atoms with Crippen LogP contribution in [0.2, 0.25) is 0 Å². The van der Waals surface area contributed by atoms with Crippen molar-refractivity contribution in [2.24, 2.45) is 17.6 Å². The molecular weight excluding hydrogens is 250 g/mol. The van der Waals surface area contributed by atoms with E-state index in [1.165, 1.54) is 19.3 Å². The number of pyridine rings is 1. The average molecular weight is 269 g/mol. The lowest BCUT2D eigenvalue weighted by atomic mass is 10.0. The molecule has 2 atom stereocenters. The molecule has 2 N–H and O–H groups in total. The van der Waals surface area contributed by atoms with Crippen molar-refractivity contribution in [1.29, 1.82) is 0 Å². The van der Waals surface area contributed by atoms with Crippen molar-refractivity contribution in [3.63, 3.8) is 0 Å². The first kappa shape index (κ1) is 13.1. The lowest BCUT2D eigenvalue weighted by Crippen LogP contribution is -2.30. The largest absolute Gasteiger partial charge is 0.338 e. The normalized spacial score (nSPS) is 24.1. The molecule has 0 bridgehead atoms. The number of nitrogens with zero attached hydrogens (tertiary/aromatic N) is 2. The zero-order chi connectivity index (χ0) is 13.9. The Balaban J connectivity index is 1.81. The fourth-order valence-corrected chi connectivity index (χ4v) is 3.40. The zero-order valence-corrected chi connectivity index (χ0v) is 11.5. The number of carbonyl (C=O) groups is 1. The van der Waals surface area contributed by atoms with Gasteiger partial charge in [-0.15, -0.1) is 0 Å². The SMILES string of the molecule is NCC#Cc1cnccc1C(=O)N1CC2CCCC2C1. The Hall–Kier alpha value is -1.86. The van der Waals surface area contributed by atoms with Crippen LogP contribution < -0.4 is 5.73 Å². The number of likely N-dealkylation sites (tertiary alicyclic amines) is 1. The van der Waals surface area contributed by atoms with Crippen LogP contribution in [0.25, 0.3) is 0 Å². The van der Waals surface area contributed by atoms with E-state index < -0.39 is 0 Å². The van der Waals surface area contributed by atoms with Gasteiger partial charge in [-0.2, -0.15) is 0 Å². The average Bonchev–Trinajstić information content (AvgIpc) is 3.06. The summed E-state index contributed by atoms with van der Waals surface area (Å²) in [4.78, 5) is 18.7. The zero-order valence-electron chi connectivity index (χ0n) is 11.5. The molecule has 3 rings (SSSR count). The molecule has 1 amide bonds. The summed E-state index contributed by atoms with van der Waals surface area (Å²) in [5.41, 5.74) is 6.73. The van der Waals surface area contributed by atoms with Crippen LogP contribution in [0.3, 0.4) is 0 Å². The molecule has 104 valence electrons. The van der Waals surface area contributed by atoms with Crippen LogP contribution in [0.4, 0.5) is 0 Å². The van der Waals surface area contributed by atoms with E-state index in [2.05, 4.69) is 16.8 Å². The number of aromatic nitrogens is 1. The fourth-order valence-electron chi connectivity index (χ4n) is 3.40. The van der Waals surface area contributed by atoms with Gasteiger partial charge in [0.05, 0.1) is 17.7 Å². The van der Waals surface area contributed by atoms with Crippen molar-refractivity contribution in [2.75, 3.05) is 19.6 Å². The highest BCUT2D eigenvalue weighted by Crippen LogP contribution is 2.38. The summed E-state index contributed by atoms with van der Waals surface area (Å²) in [6.07, 6.45) is 7.15. The Labute approximate surface area is 119 Å². The lowest BCUT2D eigenvalue weighted by molar-refractivity contribution is 0.0780. The van der Waals surface area contributed by atoms with Crippen LogP contribution in [0.15, 0.2) is 18.5 Å². The van der Waals surface area contributed by atoms with Gasteiger partial charge in [-0.25, -0.2) is 0 Å². The van der Waals surface area contributed by atoms with Gasteiger partial charge in [0.2, 0.25) is 0 Å². The highest BCUT2D eigenvalue weighted by Gasteiger charge is 2.38. The number of hydrogen-bond donors (Lipinski definition) is 1. The summed E-state index contributed by atoms with van der Waals surface area (Å²) in [6, 6.07) is 1.76. The second kappa shape index (κ2) is 5.64. The minimum absolute atomic E-state index is 0.0862. The quantitative estimate of drug-likeness (QED) is 0.781. The molecule has 1 saturated carbocycles. The second-order valence-electron chi connectivity index (χ2n) is 5.59. The number of nitrogens with two attached hydrogens (primary N) is 1. The smallest absolute Gasteiger partial charge is 0.255 e. The van der Waals surface area contributed by atoms with Gasteiger partial charge in [-0.1, -0.05) is 18.3 Å². The van der Waals surface area contributed by atoms with E-state index in [0.29, 0.717) is 23.0 Å². The van der Waals surface area contributed by atoms with E-state index in [4.69, 9.17) is 5.73 Å². The molecule has 1 aromatic heterocycles. The van der Waals surface area contributed by atoms with E-state index in [0.717, 1.165) is 13.1 Å². The van der Waals surface area contributed by atoms with E-state index in [1.54, 1.807) is 18.5 Å². The third-order valence-electron chi connectivity index (χ3n) is 4.39. The number of fused-ring (bicyclic) bond motifs is 1. The Morgan fingerprint density at radius 2 is 2.15 bits per heavy atom. The Morgan fingerprint density at radius 1 is 1.40 bits per heavy atom. The molecule has 2 aliphatic rings. The van der Waals surface area contributed by atoms with Crippen LogP contribution in [0.1, 0.15) is 35.2 Å². The fraction of sp³-hybridized carbons (Fsp3) is 0.500. The summed E-state index contributed by atoms with van der Waals surface area (Å²) in [5.74, 6) is 7.24. The van der Waals surface area contributed by atoms with Gasteiger partial charge in [0, 0.05) is 25.5 Å². The maximum atomic E-state index is 12.7. The van der Waals surface area contributed by atoms with E-state index >= 15 is 0 Å². The molecule has 4 heteroatoms. The van der Waals surface area contributed by atoms with Gasteiger partial charge in [0.25, 0.3) is 5.91 Å². The van der Waals surface area contributed by atoms with Crippen molar-refractivity contribution >= 4 is 5.91 Å². The molecule has 0 spiro atoms. The highest BCUT2D eigenvalue weighted by molar-refractivity contribution is 5.96. The Bertz CT molecular complexity index is 561. The summed E-state index contributed by atoms with van der Waals surface area (Å²) < 4.78 is 0. The molecule has 1 aromatic rings. The maximum absolute atomic E-state index is 12.7. The van der Waals surface area contributed by atoms with Crippen LogP contribution in [0.5, 0.6) is 0 Å². The first-order valence-electron chi connectivity index (χ1n) is 7.22. The van der Waals surface area contributed by atoms with E-state index in [-0.39, 0.29) is 12.5 Å². The summed E-state index contributed by atoms with van der Waals surface area (Å²) >= 11 is 0. The van der Waals surface area contributed by atoms with Gasteiger partial charge in [0.1, 0.15) is 0 Å². The van der Waals surface area contributed by atoms with Crippen LogP contribution in [-0.2, 0) is 0 Å². The molecule has 1 saturated heterocycles. The summed E-state index contributed by atoms with van der Waals surface area (Å²) in [6.45, 7) is 2.08. The van der Waals surface area contributed by atoms with Crippen LogP contribution in [-0.4, -0.2) is 35.4 Å². The standard InChI is InChI=1S/C16H19N3O/c17-7-2-5-12-9-18-8-6-15(12)16(20)19-10-13-3-1-4-14(13)11-19/h6,8-9,13-14H,1,3-4,7,10-11,17H2. The monoisotopic (exact) mass is 269 g/mol. The van der Waals surface area contributed by atoms with Crippen molar-refractivity contribution in [1.82, 2.24) is 9.88 Å². The Kier molecular flexibility index (Phi) is 3.70. The summed E-state index contributed by atoms with van der Waals surface area (Å²) in [7, 11) is 0. The molecule has 0 aromatic carbocycles. The number of rotatable bonds is 1. The van der Waals surface area contributed by atoms with Crippen molar-refractivity contribution < 1.29 is 4.79 Å². The first-order valence-corrected chi connectivity index (χ1v) is 7.22. The van der Waals surface area contributed by atoms with Crippen molar-refractivity contribution in [3.8, 4) is 11.8 Å². The summed E-state index contributed by atoms with van der Waals surface area (Å²) in [5, 5.41) is 0. The van der Waals surface area contributed by atoms with Crippen LogP contribution in [0, 0.1) is 23.7 Å². The Morgan fingerprint density at radius 3 is 2.85 bits per heavy atom. The molecule has 20 heavy (non-hydrogen) atoms. The van der Waals surface area contributed by atoms with Crippen LogP contribution >= 0.6 is 0 Å². The van der Waals surface area contributed by atoms with E-state index in [9.17, 15) is 4.79 Å². The van der Waals surface area contributed by atoms with Gasteiger partial charge >= 0.3 is 0 Å². The number of hydrogen-bond acceptors (Lipinski definition) is 3. The number of carbonyl (C=O) groups excluding carboxylic acids is 1. The van der Waals surface area contributed by atoms with Crippen molar-refractivity contribution in [3.05, 3.63) is 29.6 Å².